The van der Waals surface area contributed by atoms with Crippen LogP contribution in [-0.2, 0) is 16.6 Å². The average molecular weight is 423 g/mol. The van der Waals surface area contributed by atoms with E-state index in [1.807, 2.05) is 66.7 Å². The number of hydrogen-bond donors (Lipinski definition) is 0. The minimum atomic E-state index is -3.70. The van der Waals surface area contributed by atoms with Gasteiger partial charge in [-0.3, -0.25) is 0 Å². The summed E-state index contributed by atoms with van der Waals surface area (Å²) in [5.41, 5.74) is 1.52. The summed E-state index contributed by atoms with van der Waals surface area (Å²) in [6, 6.07) is 26.7. The van der Waals surface area contributed by atoms with E-state index in [0.29, 0.717) is 23.5 Å². The molecular weight excluding hydrogens is 396 g/mol. The summed E-state index contributed by atoms with van der Waals surface area (Å²) in [4.78, 5) is 2.20. The van der Waals surface area contributed by atoms with E-state index in [4.69, 9.17) is 4.74 Å². The summed E-state index contributed by atoms with van der Waals surface area (Å²) >= 11 is 0. The SMILES string of the molecule is CN(CCCC1Oc2ccccc2N(c2ccccc2)S1(=O)=O)Cc1ccccc1. The van der Waals surface area contributed by atoms with Gasteiger partial charge in [-0.1, -0.05) is 60.7 Å². The highest BCUT2D eigenvalue weighted by Gasteiger charge is 2.40. The van der Waals surface area contributed by atoms with E-state index in [1.54, 1.807) is 6.07 Å². The number of nitrogens with zero attached hydrogens (tertiary/aromatic N) is 2. The molecule has 3 aromatic rings. The summed E-state index contributed by atoms with van der Waals surface area (Å²) in [6.07, 6.45) is 1.15. The Hall–Kier alpha value is -2.83. The van der Waals surface area contributed by atoms with Gasteiger partial charge in [0.15, 0.2) is 0 Å². The zero-order chi connectivity index (χ0) is 21.0. The van der Waals surface area contributed by atoms with Gasteiger partial charge in [0.2, 0.25) is 5.44 Å². The van der Waals surface area contributed by atoms with Gasteiger partial charge in [0, 0.05) is 13.0 Å². The molecule has 1 heterocycles. The highest BCUT2D eigenvalue weighted by Crippen LogP contribution is 2.42. The molecule has 0 N–H and O–H groups in total. The molecule has 0 aromatic heterocycles. The zero-order valence-corrected chi connectivity index (χ0v) is 17.8. The van der Waals surface area contributed by atoms with Crippen molar-refractivity contribution < 1.29 is 13.2 Å². The highest BCUT2D eigenvalue weighted by molar-refractivity contribution is 7.93. The monoisotopic (exact) mass is 422 g/mol. The minimum Gasteiger partial charge on any atom is -0.470 e. The third kappa shape index (κ3) is 4.35. The smallest absolute Gasteiger partial charge is 0.277 e. The Bertz CT molecular complexity index is 1070. The molecule has 0 saturated carbocycles. The van der Waals surface area contributed by atoms with Crippen LogP contribution in [-0.4, -0.2) is 32.3 Å². The molecule has 1 atom stereocenters. The van der Waals surface area contributed by atoms with E-state index < -0.39 is 15.5 Å². The van der Waals surface area contributed by atoms with Crippen molar-refractivity contribution in [3.63, 3.8) is 0 Å². The first-order valence-electron chi connectivity index (χ1n) is 10.1. The summed E-state index contributed by atoms with van der Waals surface area (Å²) < 4.78 is 34.2. The van der Waals surface area contributed by atoms with Gasteiger partial charge >= 0.3 is 0 Å². The zero-order valence-electron chi connectivity index (χ0n) is 17.0. The molecule has 3 aromatic carbocycles. The van der Waals surface area contributed by atoms with Crippen LogP contribution in [0.3, 0.4) is 0 Å². The fourth-order valence-corrected chi connectivity index (χ4v) is 5.51. The van der Waals surface area contributed by atoms with Crippen molar-refractivity contribution in [2.75, 3.05) is 17.9 Å². The summed E-state index contributed by atoms with van der Waals surface area (Å²) in [5, 5.41) is 0. The summed E-state index contributed by atoms with van der Waals surface area (Å²) in [5.74, 6) is 0.596. The van der Waals surface area contributed by atoms with E-state index in [0.717, 1.165) is 19.5 Å². The molecule has 30 heavy (non-hydrogen) atoms. The molecule has 1 aliphatic rings. The highest BCUT2D eigenvalue weighted by atomic mass is 32.2. The van der Waals surface area contributed by atoms with Gasteiger partial charge in [-0.15, -0.1) is 0 Å². The van der Waals surface area contributed by atoms with Crippen molar-refractivity contribution in [3.8, 4) is 5.75 Å². The Kier molecular flexibility index (Phi) is 6.06. The number of para-hydroxylation sites is 3. The molecule has 0 saturated heterocycles. The quantitative estimate of drug-likeness (QED) is 0.550. The Morgan fingerprint density at radius 2 is 1.53 bits per heavy atom. The molecule has 0 spiro atoms. The number of ether oxygens (including phenoxy) is 1. The van der Waals surface area contributed by atoms with Crippen LogP contribution in [0.5, 0.6) is 5.75 Å². The second-order valence-electron chi connectivity index (χ2n) is 7.53. The van der Waals surface area contributed by atoms with Crippen molar-refractivity contribution in [2.24, 2.45) is 0 Å². The second kappa shape index (κ2) is 8.90. The maximum Gasteiger partial charge on any atom is 0.277 e. The van der Waals surface area contributed by atoms with Crippen molar-refractivity contribution in [1.82, 2.24) is 4.90 Å². The molecule has 0 fully saturated rings. The molecule has 1 aliphatic heterocycles. The number of sulfonamides is 1. The molecule has 156 valence electrons. The van der Waals surface area contributed by atoms with Crippen LogP contribution in [0.4, 0.5) is 11.4 Å². The van der Waals surface area contributed by atoms with E-state index >= 15 is 0 Å². The Morgan fingerprint density at radius 1 is 0.900 bits per heavy atom. The lowest BCUT2D eigenvalue weighted by atomic mass is 10.2. The fraction of sp³-hybridized carbons (Fsp3) is 0.250. The van der Waals surface area contributed by atoms with Gasteiger partial charge in [0.1, 0.15) is 5.75 Å². The third-order valence-corrected chi connectivity index (χ3v) is 7.11. The minimum absolute atomic E-state index is 0.430. The van der Waals surface area contributed by atoms with Crippen LogP contribution < -0.4 is 9.04 Å². The molecular formula is C24H26N2O3S. The van der Waals surface area contributed by atoms with E-state index in [9.17, 15) is 8.42 Å². The van der Waals surface area contributed by atoms with Crippen LogP contribution in [0.2, 0.25) is 0 Å². The van der Waals surface area contributed by atoms with Crippen molar-refractivity contribution in [3.05, 3.63) is 90.5 Å². The van der Waals surface area contributed by atoms with Gasteiger partial charge in [0.25, 0.3) is 10.0 Å². The topological polar surface area (TPSA) is 49.9 Å². The van der Waals surface area contributed by atoms with Crippen LogP contribution in [0, 0.1) is 0 Å². The molecule has 0 aliphatic carbocycles. The lowest BCUT2D eigenvalue weighted by Gasteiger charge is -2.35. The molecule has 5 nitrogen and oxygen atoms in total. The summed E-state index contributed by atoms with van der Waals surface area (Å²) in [6.45, 7) is 1.62. The number of anilines is 2. The van der Waals surface area contributed by atoms with E-state index in [-0.39, 0.29) is 0 Å². The first-order chi connectivity index (χ1) is 14.6. The molecule has 0 radical (unpaired) electrons. The van der Waals surface area contributed by atoms with Gasteiger partial charge in [-0.05, 0) is 49.8 Å². The van der Waals surface area contributed by atoms with Crippen molar-refractivity contribution in [2.45, 2.75) is 24.8 Å². The standard InChI is InChI=1S/C24H26N2O3S/c1-25(19-20-11-4-2-5-12-20)18-10-17-24-29-23-16-9-8-15-22(23)26(30(24,27)28)21-13-6-3-7-14-21/h2-9,11-16,24H,10,17-19H2,1H3. The maximum absolute atomic E-state index is 13.4. The van der Waals surface area contributed by atoms with Crippen molar-refractivity contribution in [1.29, 1.82) is 0 Å². The third-order valence-electron chi connectivity index (χ3n) is 5.19. The predicted octanol–water partition coefficient (Wildman–Crippen LogP) is 4.79. The molecule has 1 unspecified atom stereocenters. The molecule has 0 bridgehead atoms. The lowest BCUT2D eigenvalue weighted by Crippen LogP contribution is -2.43. The fourth-order valence-electron chi connectivity index (χ4n) is 3.74. The molecule has 0 amide bonds. The van der Waals surface area contributed by atoms with Crippen LogP contribution >= 0.6 is 0 Å². The first-order valence-corrected chi connectivity index (χ1v) is 11.6. The molecule has 6 heteroatoms. The molecule has 4 rings (SSSR count). The van der Waals surface area contributed by atoms with Gasteiger partial charge in [-0.25, -0.2) is 12.7 Å². The largest absolute Gasteiger partial charge is 0.470 e. The van der Waals surface area contributed by atoms with Crippen LogP contribution in [0.1, 0.15) is 18.4 Å². The normalized spacial score (nSPS) is 17.4. The van der Waals surface area contributed by atoms with Gasteiger partial charge in [-0.2, -0.15) is 0 Å². The maximum atomic E-state index is 13.4. The number of fused-ring (bicyclic) bond motifs is 1. The predicted molar refractivity (Wildman–Crippen MR) is 120 cm³/mol. The second-order valence-corrected chi connectivity index (χ2v) is 9.45. The number of rotatable bonds is 7. The number of benzene rings is 3. The average Bonchev–Trinajstić information content (AvgIpc) is 2.75. The first kappa shape index (κ1) is 20.4. The van der Waals surface area contributed by atoms with E-state index in [1.165, 1.54) is 9.87 Å². The Labute approximate surface area is 178 Å². The van der Waals surface area contributed by atoms with Crippen molar-refractivity contribution >= 4 is 21.4 Å². The van der Waals surface area contributed by atoms with E-state index in [2.05, 4.69) is 24.1 Å². The van der Waals surface area contributed by atoms with Gasteiger partial charge < -0.3 is 9.64 Å². The Morgan fingerprint density at radius 3 is 2.27 bits per heavy atom. The lowest BCUT2D eigenvalue weighted by molar-refractivity contribution is 0.239. The van der Waals surface area contributed by atoms with Crippen LogP contribution in [0.25, 0.3) is 0 Å². The van der Waals surface area contributed by atoms with Gasteiger partial charge in [0.05, 0.1) is 11.4 Å². The number of hydrogen-bond acceptors (Lipinski definition) is 4. The summed E-state index contributed by atoms with van der Waals surface area (Å²) in [7, 11) is -1.64. The van der Waals surface area contributed by atoms with Crippen LogP contribution in [0.15, 0.2) is 84.9 Å². The Balaban J connectivity index is 1.49.